The first-order chi connectivity index (χ1) is 10.6. The summed E-state index contributed by atoms with van der Waals surface area (Å²) in [4.78, 5) is 24.2. The molecular formula is C16H15FN2O2S. The third-order valence-electron chi connectivity index (χ3n) is 2.76. The first kappa shape index (κ1) is 16.0. The van der Waals surface area contributed by atoms with Gasteiger partial charge in [0.1, 0.15) is 5.82 Å². The molecule has 0 aliphatic carbocycles. The number of thioether (sulfide) groups is 1. The monoisotopic (exact) mass is 318 g/mol. The summed E-state index contributed by atoms with van der Waals surface area (Å²) in [6.07, 6.45) is 0.247. The van der Waals surface area contributed by atoms with E-state index in [4.69, 9.17) is 0 Å². The molecule has 0 radical (unpaired) electrons. The summed E-state index contributed by atoms with van der Waals surface area (Å²) in [5.74, 6) is -0.386. The molecule has 0 spiro atoms. The van der Waals surface area contributed by atoms with Crippen LogP contribution in [0.5, 0.6) is 0 Å². The van der Waals surface area contributed by atoms with E-state index in [2.05, 4.69) is 10.9 Å². The molecular weight excluding hydrogens is 303 g/mol. The van der Waals surface area contributed by atoms with Crippen LogP contribution in [0.1, 0.15) is 16.8 Å². The van der Waals surface area contributed by atoms with Crippen molar-refractivity contribution in [2.24, 2.45) is 0 Å². The molecule has 2 aromatic rings. The number of nitrogens with one attached hydrogen (secondary N) is 2. The van der Waals surface area contributed by atoms with Gasteiger partial charge in [-0.15, -0.1) is 11.8 Å². The van der Waals surface area contributed by atoms with E-state index in [1.54, 1.807) is 36.4 Å². The summed E-state index contributed by atoms with van der Waals surface area (Å²) in [5, 5.41) is 0. The Labute approximate surface area is 132 Å². The Hall–Kier alpha value is -2.34. The molecule has 114 valence electrons. The van der Waals surface area contributed by atoms with Gasteiger partial charge in [0.15, 0.2) is 0 Å². The van der Waals surface area contributed by atoms with Gasteiger partial charge in [0, 0.05) is 22.6 Å². The normalized spacial score (nSPS) is 10.0. The average molecular weight is 318 g/mol. The number of halogens is 1. The Balaban J connectivity index is 1.68. The molecule has 0 saturated carbocycles. The van der Waals surface area contributed by atoms with Crippen LogP contribution in [0.2, 0.25) is 0 Å². The standard InChI is InChI=1S/C16H15FN2O2S/c17-13-6-8-14(9-7-13)22-11-10-15(20)18-19-16(21)12-4-2-1-3-5-12/h1-9H,10-11H2,(H,18,20)(H,19,21). The van der Waals surface area contributed by atoms with Gasteiger partial charge in [-0.3, -0.25) is 20.4 Å². The molecule has 2 aromatic carbocycles. The fourth-order valence-electron chi connectivity index (χ4n) is 1.64. The number of benzene rings is 2. The Morgan fingerprint density at radius 1 is 0.955 bits per heavy atom. The largest absolute Gasteiger partial charge is 0.273 e. The van der Waals surface area contributed by atoms with Gasteiger partial charge in [0.25, 0.3) is 5.91 Å². The molecule has 0 aliphatic rings. The van der Waals surface area contributed by atoms with Crippen LogP contribution in [0, 0.1) is 5.82 Å². The van der Waals surface area contributed by atoms with Gasteiger partial charge in [0.05, 0.1) is 0 Å². The average Bonchev–Trinajstić information content (AvgIpc) is 2.55. The van der Waals surface area contributed by atoms with E-state index < -0.39 is 0 Å². The van der Waals surface area contributed by atoms with Crippen LogP contribution in [0.4, 0.5) is 4.39 Å². The van der Waals surface area contributed by atoms with Crippen molar-refractivity contribution in [1.29, 1.82) is 0 Å². The van der Waals surface area contributed by atoms with Gasteiger partial charge < -0.3 is 0 Å². The van der Waals surface area contributed by atoms with E-state index in [-0.39, 0.29) is 24.1 Å². The van der Waals surface area contributed by atoms with Crippen LogP contribution >= 0.6 is 11.8 Å². The van der Waals surface area contributed by atoms with Crippen LogP contribution in [0.15, 0.2) is 59.5 Å². The minimum absolute atomic E-state index is 0.247. The van der Waals surface area contributed by atoms with Gasteiger partial charge in [-0.2, -0.15) is 0 Å². The highest BCUT2D eigenvalue weighted by molar-refractivity contribution is 7.99. The first-order valence-electron chi connectivity index (χ1n) is 6.68. The van der Waals surface area contributed by atoms with Crippen LogP contribution in [0.3, 0.4) is 0 Å². The summed E-state index contributed by atoms with van der Waals surface area (Å²) in [6.45, 7) is 0. The van der Waals surface area contributed by atoms with Gasteiger partial charge in [-0.1, -0.05) is 18.2 Å². The molecule has 6 heteroatoms. The summed E-state index contributed by atoms with van der Waals surface area (Å²) in [6, 6.07) is 14.7. The molecule has 4 nitrogen and oxygen atoms in total. The van der Waals surface area contributed by atoms with Crippen molar-refractivity contribution < 1.29 is 14.0 Å². The molecule has 2 rings (SSSR count). The molecule has 22 heavy (non-hydrogen) atoms. The molecule has 0 aromatic heterocycles. The van der Waals surface area contributed by atoms with Crippen molar-refractivity contribution in [2.45, 2.75) is 11.3 Å². The van der Waals surface area contributed by atoms with E-state index in [0.29, 0.717) is 11.3 Å². The second kappa shape index (κ2) is 8.19. The van der Waals surface area contributed by atoms with Crippen LogP contribution in [-0.4, -0.2) is 17.6 Å². The van der Waals surface area contributed by atoms with E-state index in [0.717, 1.165) is 4.90 Å². The summed E-state index contributed by atoms with van der Waals surface area (Å²) in [7, 11) is 0. The molecule has 0 fully saturated rings. The number of amides is 2. The minimum atomic E-state index is -0.361. The summed E-state index contributed by atoms with van der Waals surface area (Å²) < 4.78 is 12.7. The zero-order valence-electron chi connectivity index (χ0n) is 11.7. The Kier molecular flexibility index (Phi) is 5.97. The maximum absolute atomic E-state index is 12.7. The highest BCUT2D eigenvalue weighted by atomic mass is 32.2. The maximum Gasteiger partial charge on any atom is 0.269 e. The van der Waals surface area contributed by atoms with Gasteiger partial charge >= 0.3 is 0 Å². The van der Waals surface area contributed by atoms with Gasteiger partial charge in [-0.25, -0.2) is 4.39 Å². The fourth-order valence-corrected chi connectivity index (χ4v) is 2.49. The van der Waals surface area contributed by atoms with Gasteiger partial charge in [0.2, 0.25) is 5.91 Å². The minimum Gasteiger partial charge on any atom is -0.273 e. The Morgan fingerprint density at radius 3 is 2.32 bits per heavy atom. The van der Waals surface area contributed by atoms with Gasteiger partial charge in [-0.05, 0) is 36.4 Å². The van der Waals surface area contributed by atoms with E-state index in [1.165, 1.54) is 23.9 Å². The number of hydrogen-bond donors (Lipinski definition) is 2. The molecule has 0 saturated heterocycles. The molecule has 2 amide bonds. The Morgan fingerprint density at radius 2 is 1.64 bits per heavy atom. The number of hydrogen-bond acceptors (Lipinski definition) is 3. The number of carbonyl (C=O) groups is 2. The lowest BCUT2D eigenvalue weighted by Gasteiger charge is -2.07. The first-order valence-corrected chi connectivity index (χ1v) is 7.66. The molecule has 0 atom stereocenters. The highest BCUT2D eigenvalue weighted by Crippen LogP contribution is 2.18. The maximum atomic E-state index is 12.7. The summed E-state index contributed by atoms with van der Waals surface area (Å²) >= 11 is 1.45. The third-order valence-corrected chi connectivity index (χ3v) is 3.78. The zero-order chi connectivity index (χ0) is 15.8. The fraction of sp³-hybridized carbons (Fsp3) is 0.125. The third kappa shape index (κ3) is 5.21. The lowest BCUT2D eigenvalue weighted by molar-refractivity contribution is -0.121. The summed E-state index contributed by atoms with van der Waals surface area (Å²) in [5.41, 5.74) is 5.20. The number of carbonyl (C=O) groups excluding carboxylic acids is 2. The van der Waals surface area contributed by atoms with Crippen LogP contribution in [0.25, 0.3) is 0 Å². The van der Waals surface area contributed by atoms with E-state index in [9.17, 15) is 14.0 Å². The zero-order valence-corrected chi connectivity index (χ0v) is 12.5. The van der Waals surface area contributed by atoms with Crippen molar-refractivity contribution >= 4 is 23.6 Å². The van der Waals surface area contributed by atoms with Crippen LogP contribution < -0.4 is 10.9 Å². The molecule has 0 heterocycles. The van der Waals surface area contributed by atoms with Crippen molar-refractivity contribution in [3.63, 3.8) is 0 Å². The molecule has 0 bridgehead atoms. The topological polar surface area (TPSA) is 58.2 Å². The van der Waals surface area contributed by atoms with Crippen molar-refractivity contribution in [3.8, 4) is 0 Å². The second-order valence-electron chi connectivity index (χ2n) is 4.42. The molecule has 2 N–H and O–H groups in total. The highest BCUT2D eigenvalue weighted by Gasteiger charge is 2.06. The lowest BCUT2D eigenvalue weighted by Crippen LogP contribution is -2.41. The predicted molar refractivity (Wildman–Crippen MR) is 83.8 cm³/mol. The number of hydrazine groups is 1. The predicted octanol–water partition coefficient (Wildman–Crippen LogP) is 2.77. The SMILES string of the molecule is O=C(CCSc1ccc(F)cc1)NNC(=O)c1ccccc1. The molecule has 0 unspecified atom stereocenters. The van der Waals surface area contributed by atoms with Crippen molar-refractivity contribution in [3.05, 3.63) is 66.0 Å². The van der Waals surface area contributed by atoms with E-state index >= 15 is 0 Å². The van der Waals surface area contributed by atoms with Crippen molar-refractivity contribution in [1.82, 2.24) is 10.9 Å². The van der Waals surface area contributed by atoms with E-state index in [1.807, 2.05) is 6.07 Å². The number of rotatable bonds is 5. The van der Waals surface area contributed by atoms with Crippen LogP contribution in [-0.2, 0) is 4.79 Å². The smallest absolute Gasteiger partial charge is 0.269 e. The second-order valence-corrected chi connectivity index (χ2v) is 5.59. The Bertz CT molecular complexity index is 632. The molecule has 0 aliphatic heterocycles. The lowest BCUT2D eigenvalue weighted by atomic mass is 10.2. The van der Waals surface area contributed by atoms with Crippen molar-refractivity contribution in [2.75, 3.05) is 5.75 Å². The quantitative estimate of drug-likeness (QED) is 0.658.